The van der Waals surface area contributed by atoms with Gasteiger partial charge in [0.2, 0.25) is 0 Å². The molecular formula is C12H14BrClFNO. The molecule has 17 heavy (non-hydrogen) atoms. The van der Waals surface area contributed by atoms with Gasteiger partial charge in [-0.2, -0.15) is 0 Å². The van der Waals surface area contributed by atoms with Crippen molar-refractivity contribution in [2.75, 3.05) is 0 Å². The molecule has 0 saturated carbocycles. The average molecular weight is 323 g/mol. The second-order valence-electron chi connectivity index (χ2n) is 3.99. The molecule has 0 saturated heterocycles. The lowest BCUT2D eigenvalue weighted by atomic mass is 10.1. The zero-order chi connectivity index (χ0) is 13.0. The minimum absolute atomic E-state index is 0.0217. The van der Waals surface area contributed by atoms with Gasteiger partial charge in [0.1, 0.15) is 0 Å². The quantitative estimate of drug-likeness (QED) is 0.840. The van der Waals surface area contributed by atoms with Crippen LogP contribution in [0.3, 0.4) is 0 Å². The molecule has 0 radical (unpaired) electrons. The molecule has 1 rings (SSSR count). The van der Waals surface area contributed by atoms with Crippen molar-refractivity contribution >= 4 is 33.4 Å². The average Bonchev–Trinajstić information content (AvgIpc) is 2.20. The zero-order valence-electron chi connectivity index (χ0n) is 9.64. The summed E-state index contributed by atoms with van der Waals surface area (Å²) in [6.07, 6.45) is 0.772. The highest BCUT2D eigenvalue weighted by Gasteiger charge is 2.16. The lowest BCUT2D eigenvalue weighted by molar-refractivity contribution is 0.0934. The van der Waals surface area contributed by atoms with Crippen LogP contribution in [0, 0.1) is 5.82 Å². The Kier molecular flexibility index (Phi) is 5.40. The van der Waals surface area contributed by atoms with Crippen LogP contribution in [-0.2, 0) is 0 Å². The molecule has 0 fully saturated rings. The minimum Gasteiger partial charge on any atom is -0.349 e. The van der Waals surface area contributed by atoms with Crippen LogP contribution in [0.2, 0.25) is 5.02 Å². The summed E-state index contributed by atoms with van der Waals surface area (Å²) < 4.78 is 13.6. The van der Waals surface area contributed by atoms with E-state index in [0.717, 1.165) is 6.42 Å². The molecule has 2 atom stereocenters. The Morgan fingerprint density at radius 2 is 2.18 bits per heavy atom. The van der Waals surface area contributed by atoms with Crippen molar-refractivity contribution in [2.45, 2.75) is 31.1 Å². The molecule has 1 aromatic carbocycles. The summed E-state index contributed by atoms with van der Waals surface area (Å²) in [6, 6.07) is 4.35. The van der Waals surface area contributed by atoms with Crippen LogP contribution in [0.15, 0.2) is 18.2 Å². The van der Waals surface area contributed by atoms with E-state index in [1.807, 2.05) is 13.8 Å². The third-order valence-corrected chi connectivity index (χ3v) is 2.92. The number of alkyl halides is 1. The van der Waals surface area contributed by atoms with E-state index in [1.54, 1.807) is 6.07 Å². The number of amides is 1. The molecule has 0 aliphatic carbocycles. The Hall–Kier alpha value is -0.610. The summed E-state index contributed by atoms with van der Waals surface area (Å²) in [5.74, 6) is -1.11. The normalized spacial score (nSPS) is 14.2. The minimum atomic E-state index is -0.675. The van der Waals surface area contributed by atoms with Gasteiger partial charge in [0.15, 0.2) is 5.82 Å². The molecule has 2 nitrogen and oxygen atoms in total. The van der Waals surface area contributed by atoms with Crippen LogP contribution in [0.5, 0.6) is 0 Å². The third kappa shape index (κ3) is 4.28. The van der Waals surface area contributed by atoms with Crippen LogP contribution in [0.25, 0.3) is 0 Å². The van der Waals surface area contributed by atoms with Gasteiger partial charge in [-0.1, -0.05) is 40.5 Å². The third-order valence-electron chi connectivity index (χ3n) is 2.25. The van der Waals surface area contributed by atoms with E-state index in [-0.39, 0.29) is 16.6 Å². The van der Waals surface area contributed by atoms with E-state index in [4.69, 9.17) is 11.6 Å². The summed E-state index contributed by atoms with van der Waals surface area (Å²) in [4.78, 5) is 12.1. The number of hydrogen-bond donors (Lipinski definition) is 1. The van der Waals surface area contributed by atoms with Crippen molar-refractivity contribution in [1.29, 1.82) is 0 Å². The molecule has 0 spiro atoms. The fourth-order valence-corrected chi connectivity index (χ4v) is 2.26. The van der Waals surface area contributed by atoms with E-state index in [2.05, 4.69) is 21.2 Å². The molecule has 0 aliphatic rings. The lowest BCUT2D eigenvalue weighted by Gasteiger charge is -2.15. The first-order valence-corrected chi connectivity index (χ1v) is 6.60. The summed E-state index contributed by atoms with van der Waals surface area (Å²) in [5.41, 5.74) is -0.0217. The monoisotopic (exact) mass is 321 g/mol. The van der Waals surface area contributed by atoms with Crippen molar-refractivity contribution in [3.8, 4) is 0 Å². The summed E-state index contributed by atoms with van der Waals surface area (Å²) in [7, 11) is 0. The van der Waals surface area contributed by atoms with Gasteiger partial charge < -0.3 is 5.32 Å². The fraction of sp³-hybridized carbons (Fsp3) is 0.417. The highest BCUT2D eigenvalue weighted by molar-refractivity contribution is 9.09. The van der Waals surface area contributed by atoms with Gasteiger partial charge in [-0.3, -0.25) is 4.79 Å². The van der Waals surface area contributed by atoms with Gasteiger partial charge in [-0.15, -0.1) is 0 Å². The Labute approximate surface area is 114 Å². The Morgan fingerprint density at radius 1 is 1.53 bits per heavy atom. The molecule has 0 aliphatic heterocycles. The summed E-state index contributed by atoms with van der Waals surface area (Å²) >= 11 is 9.02. The Balaban J connectivity index is 2.73. The Morgan fingerprint density at radius 3 is 2.76 bits per heavy atom. The van der Waals surface area contributed by atoms with E-state index in [1.165, 1.54) is 12.1 Å². The van der Waals surface area contributed by atoms with Crippen LogP contribution in [0.4, 0.5) is 4.39 Å². The Bertz CT molecular complexity index is 411. The maximum Gasteiger partial charge on any atom is 0.254 e. The summed E-state index contributed by atoms with van der Waals surface area (Å²) in [5, 5.41) is 2.69. The van der Waals surface area contributed by atoms with Crippen molar-refractivity contribution in [1.82, 2.24) is 5.32 Å². The van der Waals surface area contributed by atoms with E-state index >= 15 is 0 Å². The van der Waals surface area contributed by atoms with E-state index in [0.29, 0.717) is 4.83 Å². The number of benzene rings is 1. The van der Waals surface area contributed by atoms with Gasteiger partial charge in [0.25, 0.3) is 5.91 Å². The predicted molar refractivity (Wildman–Crippen MR) is 71.3 cm³/mol. The van der Waals surface area contributed by atoms with Gasteiger partial charge in [-0.05, 0) is 25.5 Å². The topological polar surface area (TPSA) is 29.1 Å². The van der Waals surface area contributed by atoms with Gasteiger partial charge in [0.05, 0.1) is 10.6 Å². The molecular weight excluding hydrogens is 308 g/mol. The van der Waals surface area contributed by atoms with Gasteiger partial charge in [-0.25, -0.2) is 4.39 Å². The van der Waals surface area contributed by atoms with E-state index < -0.39 is 11.7 Å². The maximum atomic E-state index is 13.6. The van der Waals surface area contributed by atoms with Crippen LogP contribution >= 0.6 is 27.5 Å². The number of carbonyl (C=O) groups is 1. The molecule has 0 aromatic heterocycles. The largest absolute Gasteiger partial charge is 0.349 e. The van der Waals surface area contributed by atoms with Crippen molar-refractivity contribution in [2.24, 2.45) is 0 Å². The van der Waals surface area contributed by atoms with Crippen molar-refractivity contribution in [3.05, 3.63) is 34.6 Å². The zero-order valence-corrected chi connectivity index (χ0v) is 12.0. The molecule has 94 valence electrons. The smallest absolute Gasteiger partial charge is 0.254 e. The predicted octanol–water partition coefficient (Wildman–Crippen LogP) is 3.77. The molecule has 0 heterocycles. The second-order valence-corrected chi connectivity index (χ2v) is 5.96. The SMILES string of the molecule is CC(Br)CC(C)NC(=O)c1cccc(Cl)c1F. The molecule has 5 heteroatoms. The molecule has 1 aromatic rings. The number of hydrogen-bond acceptors (Lipinski definition) is 1. The summed E-state index contributed by atoms with van der Waals surface area (Å²) in [6.45, 7) is 3.86. The lowest BCUT2D eigenvalue weighted by Crippen LogP contribution is -2.34. The van der Waals surface area contributed by atoms with Gasteiger partial charge >= 0.3 is 0 Å². The van der Waals surface area contributed by atoms with Gasteiger partial charge in [0, 0.05) is 10.9 Å². The van der Waals surface area contributed by atoms with Crippen LogP contribution in [-0.4, -0.2) is 16.8 Å². The van der Waals surface area contributed by atoms with Crippen LogP contribution < -0.4 is 5.32 Å². The first kappa shape index (κ1) is 14.5. The molecule has 1 N–H and O–H groups in total. The second kappa shape index (κ2) is 6.36. The standard InChI is InChI=1S/C12H14BrClFNO/c1-7(13)6-8(2)16-12(17)9-4-3-5-10(14)11(9)15/h3-5,7-8H,6H2,1-2H3,(H,16,17). The van der Waals surface area contributed by atoms with Crippen LogP contribution in [0.1, 0.15) is 30.6 Å². The number of carbonyl (C=O) groups excluding carboxylic acids is 1. The number of halogens is 3. The highest BCUT2D eigenvalue weighted by Crippen LogP contribution is 2.18. The molecule has 0 bridgehead atoms. The maximum absolute atomic E-state index is 13.6. The van der Waals surface area contributed by atoms with Crippen molar-refractivity contribution in [3.63, 3.8) is 0 Å². The number of nitrogens with one attached hydrogen (secondary N) is 1. The fourth-order valence-electron chi connectivity index (χ4n) is 1.53. The first-order valence-electron chi connectivity index (χ1n) is 5.30. The molecule has 2 unspecified atom stereocenters. The first-order chi connectivity index (χ1) is 7.91. The highest BCUT2D eigenvalue weighted by atomic mass is 79.9. The molecule has 1 amide bonds. The van der Waals surface area contributed by atoms with Crippen molar-refractivity contribution < 1.29 is 9.18 Å². The number of rotatable bonds is 4. The van der Waals surface area contributed by atoms with E-state index in [9.17, 15) is 9.18 Å².